The lowest BCUT2D eigenvalue weighted by Gasteiger charge is -2.22. The highest BCUT2D eigenvalue weighted by molar-refractivity contribution is 5.98. The van der Waals surface area contributed by atoms with E-state index in [4.69, 9.17) is 9.84 Å². The van der Waals surface area contributed by atoms with Crippen LogP contribution in [0.15, 0.2) is 24.3 Å². The first-order valence-electron chi connectivity index (χ1n) is 8.37. The number of hydrogen-bond donors (Lipinski definition) is 2. The van der Waals surface area contributed by atoms with Crippen LogP contribution in [0.2, 0.25) is 0 Å². The Morgan fingerprint density at radius 3 is 2.65 bits per heavy atom. The summed E-state index contributed by atoms with van der Waals surface area (Å²) >= 11 is 0. The van der Waals surface area contributed by atoms with E-state index in [1.165, 1.54) is 19.3 Å². The first kappa shape index (κ1) is 16.0. The molecule has 0 saturated heterocycles. The molecule has 1 aromatic rings. The van der Waals surface area contributed by atoms with Crippen LogP contribution in [0.3, 0.4) is 0 Å². The standard InChI is InChI=1S/C18H23NO4/c20-17(15-10-16(15)18(21)22)19-13-6-4-5-12(9-13)11-23-14-7-2-1-3-8-14/h4-6,9,14-16H,1-3,7-8,10-11H2,(H,19,20)(H,21,22)/t15-,16+/m0/s1. The van der Waals surface area contributed by atoms with Crippen molar-refractivity contribution in [3.05, 3.63) is 29.8 Å². The Morgan fingerprint density at radius 1 is 1.17 bits per heavy atom. The molecule has 0 heterocycles. The summed E-state index contributed by atoms with van der Waals surface area (Å²) in [5, 5.41) is 11.7. The molecule has 0 aromatic heterocycles. The topological polar surface area (TPSA) is 75.6 Å². The van der Waals surface area contributed by atoms with Gasteiger partial charge in [0.2, 0.25) is 5.91 Å². The third kappa shape index (κ3) is 4.32. The van der Waals surface area contributed by atoms with Crippen molar-refractivity contribution in [1.29, 1.82) is 0 Å². The number of anilines is 1. The Labute approximate surface area is 136 Å². The minimum atomic E-state index is -0.889. The summed E-state index contributed by atoms with van der Waals surface area (Å²) in [5.41, 5.74) is 1.73. The first-order chi connectivity index (χ1) is 11.1. The first-order valence-corrected chi connectivity index (χ1v) is 8.37. The number of carbonyl (C=O) groups is 2. The molecule has 1 aromatic carbocycles. The maximum Gasteiger partial charge on any atom is 0.307 e. The molecule has 0 aliphatic heterocycles. The van der Waals surface area contributed by atoms with Gasteiger partial charge in [-0.25, -0.2) is 0 Å². The van der Waals surface area contributed by atoms with Crippen molar-refractivity contribution < 1.29 is 19.4 Å². The Hall–Kier alpha value is -1.88. The number of ether oxygens (including phenoxy) is 1. The zero-order chi connectivity index (χ0) is 16.2. The van der Waals surface area contributed by atoms with Gasteiger partial charge in [0.05, 0.1) is 24.5 Å². The molecule has 5 heteroatoms. The highest BCUT2D eigenvalue weighted by atomic mass is 16.5. The summed E-state index contributed by atoms with van der Waals surface area (Å²) in [5.74, 6) is -2.01. The van der Waals surface area contributed by atoms with Crippen molar-refractivity contribution in [3.8, 4) is 0 Å². The molecule has 2 atom stereocenters. The number of nitrogens with one attached hydrogen (secondary N) is 1. The maximum atomic E-state index is 12.0. The van der Waals surface area contributed by atoms with Gasteiger partial charge in [-0.05, 0) is 37.0 Å². The van der Waals surface area contributed by atoms with Crippen molar-refractivity contribution in [2.45, 2.75) is 51.2 Å². The van der Waals surface area contributed by atoms with Crippen LogP contribution >= 0.6 is 0 Å². The lowest BCUT2D eigenvalue weighted by atomic mass is 9.98. The number of hydrogen-bond acceptors (Lipinski definition) is 3. The number of amides is 1. The molecule has 0 unspecified atom stereocenters. The summed E-state index contributed by atoms with van der Waals surface area (Å²) in [6.45, 7) is 0.551. The van der Waals surface area contributed by atoms with E-state index in [2.05, 4.69) is 5.32 Å². The van der Waals surface area contributed by atoms with Gasteiger partial charge in [0, 0.05) is 5.69 Å². The molecular weight excluding hydrogens is 294 g/mol. The smallest absolute Gasteiger partial charge is 0.307 e. The van der Waals surface area contributed by atoms with Crippen molar-refractivity contribution in [3.63, 3.8) is 0 Å². The molecule has 0 bridgehead atoms. The SMILES string of the molecule is O=C(Nc1cccc(COC2CCCCC2)c1)[C@H]1C[C@H]1C(=O)O. The molecule has 3 rings (SSSR count). The van der Waals surface area contributed by atoms with E-state index in [9.17, 15) is 9.59 Å². The lowest BCUT2D eigenvalue weighted by molar-refractivity contribution is -0.139. The van der Waals surface area contributed by atoms with Crippen molar-refractivity contribution in [2.24, 2.45) is 11.8 Å². The van der Waals surface area contributed by atoms with Gasteiger partial charge >= 0.3 is 5.97 Å². The normalized spacial score (nSPS) is 24.2. The second-order valence-corrected chi connectivity index (χ2v) is 6.55. The van der Waals surface area contributed by atoms with E-state index >= 15 is 0 Å². The molecule has 2 fully saturated rings. The fourth-order valence-corrected chi connectivity index (χ4v) is 3.18. The van der Waals surface area contributed by atoms with E-state index in [-0.39, 0.29) is 5.91 Å². The van der Waals surface area contributed by atoms with Gasteiger partial charge < -0.3 is 15.2 Å². The Bertz CT molecular complexity index is 580. The Balaban J connectivity index is 1.51. The average molecular weight is 317 g/mol. The molecule has 2 saturated carbocycles. The van der Waals surface area contributed by atoms with Crippen molar-refractivity contribution >= 4 is 17.6 Å². The zero-order valence-corrected chi connectivity index (χ0v) is 13.2. The molecule has 23 heavy (non-hydrogen) atoms. The zero-order valence-electron chi connectivity index (χ0n) is 13.2. The lowest BCUT2D eigenvalue weighted by Crippen LogP contribution is -2.17. The number of aliphatic carboxylic acids is 1. The van der Waals surface area contributed by atoms with Crippen LogP contribution in [0.25, 0.3) is 0 Å². The summed E-state index contributed by atoms with van der Waals surface area (Å²) in [6, 6.07) is 7.59. The molecule has 0 radical (unpaired) electrons. The van der Waals surface area contributed by atoms with Gasteiger partial charge in [-0.1, -0.05) is 31.4 Å². The Kier molecular flexibility index (Phi) is 4.96. The van der Waals surface area contributed by atoms with Crippen LogP contribution in [0.1, 0.15) is 44.1 Å². The van der Waals surface area contributed by atoms with Crippen molar-refractivity contribution in [1.82, 2.24) is 0 Å². The summed E-state index contributed by atoms with van der Waals surface area (Å²) in [7, 11) is 0. The van der Waals surface area contributed by atoms with E-state index in [1.807, 2.05) is 24.3 Å². The largest absolute Gasteiger partial charge is 0.481 e. The predicted octanol–water partition coefficient (Wildman–Crippen LogP) is 3.20. The van der Waals surface area contributed by atoms with Crippen molar-refractivity contribution in [2.75, 3.05) is 5.32 Å². The second-order valence-electron chi connectivity index (χ2n) is 6.55. The number of rotatable bonds is 6. The number of carbonyl (C=O) groups excluding carboxylic acids is 1. The monoisotopic (exact) mass is 317 g/mol. The van der Waals surface area contributed by atoms with Gasteiger partial charge in [0.15, 0.2) is 0 Å². The van der Waals surface area contributed by atoms with Crippen LogP contribution < -0.4 is 5.32 Å². The van der Waals surface area contributed by atoms with Gasteiger partial charge in [-0.15, -0.1) is 0 Å². The van der Waals surface area contributed by atoms with E-state index in [0.717, 1.165) is 18.4 Å². The average Bonchev–Trinajstić information content (AvgIpc) is 3.35. The molecule has 5 nitrogen and oxygen atoms in total. The number of carboxylic acids is 1. The third-order valence-corrected chi connectivity index (χ3v) is 4.68. The van der Waals surface area contributed by atoms with Crippen LogP contribution in [0.4, 0.5) is 5.69 Å². The molecular formula is C18H23NO4. The molecule has 2 aliphatic carbocycles. The second kappa shape index (κ2) is 7.13. The van der Waals surface area contributed by atoms with Gasteiger partial charge in [0.25, 0.3) is 0 Å². The fourth-order valence-electron chi connectivity index (χ4n) is 3.18. The van der Waals surface area contributed by atoms with E-state index in [1.54, 1.807) is 0 Å². The van der Waals surface area contributed by atoms with Crippen LogP contribution in [0, 0.1) is 11.8 Å². The third-order valence-electron chi connectivity index (χ3n) is 4.68. The molecule has 124 valence electrons. The van der Waals surface area contributed by atoms with Crippen LogP contribution in [0.5, 0.6) is 0 Å². The van der Waals surface area contributed by atoms with Gasteiger partial charge in [-0.2, -0.15) is 0 Å². The van der Waals surface area contributed by atoms with Gasteiger partial charge in [-0.3, -0.25) is 9.59 Å². The molecule has 2 N–H and O–H groups in total. The maximum absolute atomic E-state index is 12.0. The fraction of sp³-hybridized carbons (Fsp3) is 0.556. The molecule has 0 spiro atoms. The summed E-state index contributed by atoms with van der Waals surface area (Å²) < 4.78 is 5.95. The minimum Gasteiger partial charge on any atom is -0.481 e. The summed E-state index contributed by atoms with van der Waals surface area (Å²) in [6.07, 6.45) is 6.85. The highest BCUT2D eigenvalue weighted by Gasteiger charge is 2.48. The quantitative estimate of drug-likeness (QED) is 0.845. The van der Waals surface area contributed by atoms with Crippen LogP contribution in [-0.4, -0.2) is 23.1 Å². The van der Waals surface area contributed by atoms with Crippen LogP contribution in [-0.2, 0) is 20.9 Å². The minimum absolute atomic E-state index is 0.206. The number of carboxylic acid groups (broad SMARTS) is 1. The number of benzene rings is 1. The highest BCUT2D eigenvalue weighted by Crippen LogP contribution is 2.39. The molecule has 1 amide bonds. The predicted molar refractivity (Wildman–Crippen MR) is 86.0 cm³/mol. The van der Waals surface area contributed by atoms with E-state index < -0.39 is 17.8 Å². The summed E-state index contributed by atoms with van der Waals surface area (Å²) in [4.78, 5) is 22.8. The van der Waals surface area contributed by atoms with E-state index in [0.29, 0.717) is 24.8 Å². The molecule has 2 aliphatic rings. The van der Waals surface area contributed by atoms with Gasteiger partial charge in [0.1, 0.15) is 0 Å². The Morgan fingerprint density at radius 2 is 1.96 bits per heavy atom.